The molecule has 0 atom stereocenters. The Bertz CT molecular complexity index is 502. The molecule has 1 amide bonds. The molecular weight excluding hydrogens is 207 g/mol. The molecule has 1 aromatic carbocycles. The molecule has 16 heavy (non-hydrogen) atoms. The van der Waals surface area contributed by atoms with Gasteiger partial charge in [-0.1, -0.05) is 0 Å². The number of nitrogens with zero attached hydrogens (tertiary/aromatic N) is 2. The van der Waals surface area contributed by atoms with Crippen molar-refractivity contribution >= 4 is 11.6 Å². The molecule has 1 heterocycles. The first-order valence-electron chi connectivity index (χ1n) is 5.09. The Labute approximate surface area is 93.1 Å². The molecule has 4 heteroatoms. The fraction of sp³-hybridized carbons (Fsp3) is 0.333. The number of carbonyl (C=O) groups is 1. The summed E-state index contributed by atoms with van der Waals surface area (Å²) < 4.78 is 13.4. The van der Waals surface area contributed by atoms with Crippen LogP contribution >= 0.6 is 0 Å². The minimum absolute atomic E-state index is 0.00101. The van der Waals surface area contributed by atoms with E-state index in [1.807, 2.05) is 13.8 Å². The van der Waals surface area contributed by atoms with Gasteiger partial charge in [-0.05, 0) is 31.5 Å². The SMILES string of the molecule is CC(C)N1C(=O)Cc2cc(C#N)c(F)cc21. The summed E-state index contributed by atoms with van der Waals surface area (Å²) in [6, 6.07) is 4.52. The smallest absolute Gasteiger partial charge is 0.231 e. The standard InChI is InChI=1S/C12H11FN2O/c1-7(2)15-11-5-10(13)9(6-14)3-8(11)4-12(15)16/h3,5,7H,4H2,1-2H3. The van der Waals surface area contributed by atoms with Crippen LogP contribution in [0.15, 0.2) is 12.1 Å². The van der Waals surface area contributed by atoms with Gasteiger partial charge in [-0.2, -0.15) is 5.26 Å². The zero-order valence-electron chi connectivity index (χ0n) is 9.12. The first-order chi connectivity index (χ1) is 7.54. The van der Waals surface area contributed by atoms with E-state index in [1.54, 1.807) is 11.0 Å². The molecule has 0 unspecified atom stereocenters. The van der Waals surface area contributed by atoms with Gasteiger partial charge in [0.05, 0.1) is 17.7 Å². The van der Waals surface area contributed by atoms with Gasteiger partial charge in [0.15, 0.2) is 0 Å². The van der Waals surface area contributed by atoms with E-state index in [1.165, 1.54) is 12.1 Å². The molecule has 0 radical (unpaired) electrons. The van der Waals surface area contributed by atoms with Crippen LogP contribution in [0.2, 0.25) is 0 Å². The van der Waals surface area contributed by atoms with Gasteiger partial charge in [0.1, 0.15) is 11.9 Å². The Morgan fingerprint density at radius 1 is 1.50 bits per heavy atom. The average molecular weight is 218 g/mol. The third-order valence-electron chi connectivity index (χ3n) is 2.68. The maximum absolute atomic E-state index is 13.4. The van der Waals surface area contributed by atoms with E-state index in [9.17, 15) is 9.18 Å². The summed E-state index contributed by atoms with van der Waals surface area (Å²) in [5.74, 6) is -0.610. The van der Waals surface area contributed by atoms with Gasteiger partial charge < -0.3 is 4.90 Å². The van der Waals surface area contributed by atoms with Crippen LogP contribution in [0.3, 0.4) is 0 Å². The van der Waals surface area contributed by atoms with Crippen molar-refractivity contribution in [3.63, 3.8) is 0 Å². The maximum atomic E-state index is 13.4. The van der Waals surface area contributed by atoms with Gasteiger partial charge in [-0.25, -0.2) is 4.39 Å². The highest BCUT2D eigenvalue weighted by Gasteiger charge is 2.30. The zero-order chi connectivity index (χ0) is 11.9. The molecule has 2 rings (SSSR count). The molecule has 3 nitrogen and oxygen atoms in total. The summed E-state index contributed by atoms with van der Waals surface area (Å²) in [6.45, 7) is 3.76. The molecular formula is C12H11FN2O. The van der Waals surface area contributed by atoms with Crippen LogP contribution in [0, 0.1) is 17.1 Å². The van der Waals surface area contributed by atoms with Gasteiger partial charge in [0, 0.05) is 6.04 Å². The molecule has 1 aliphatic heterocycles. The second-order valence-corrected chi connectivity index (χ2v) is 4.11. The van der Waals surface area contributed by atoms with Crippen LogP contribution < -0.4 is 4.90 Å². The maximum Gasteiger partial charge on any atom is 0.231 e. The summed E-state index contributed by atoms with van der Waals surface area (Å²) in [6.07, 6.45) is 0.252. The van der Waals surface area contributed by atoms with Crippen LogP contribution in [0.1, 0.15) is 25.0 Å². The van der Waals surface area contributed by atoms with E-state index in [0.717, 1.165) is 5.56 Å². The minimum atomic E-state index is -0.568. The van der Waals surface area contributed by atoms with Gasteiger partial charge in [0.25, 0.3) is 0 Å². The van der Waals surface area contributed by atoms with Crippen molar-refractivity contribution in [1.82, 2.24) is 0 Å². The van der Waals surface area contributed by atoms with Crippen LogP contribution in [-0.2, 0) is 11.2 Å². The number of fused-ring (bicyclic) bond motifs is 1. The second-order valence-electron chi connectivity index (χ2n) is 4.11. The molecule has 0 bridgehead atoms. The van der Waals surface area contributed by atoms with Crippen molar-refractivity contribution in [2.75, 3.05) is 4.90 Å². The number of hydrogen-bond acceptors (Lipinski definition) is 2. The van der Waals surface area contributed by atoms with Crippen molar-refractivity contribution in [1.29, 1.82) is 5.26 Å². The number of anilines is 1. The number of rotatable bonds is 1. The molecule has 0 spiro atoms. The van der Waals surface area contributed by atoms with Crippen molar-refractivity contribution in [3.8, 4) is 6.07 Å². The third kappa shape index (κ3) is 1.45. The van der Waals surface area contributed by atoms with Gasteiger partial charge in [0.2, 0.25) is 5.91 Å². The molecule has 0 aliphatic carbocycles. The number of benzene rings is 1. The van der Waals surface area contributed by atoms with Crippen molar-refractivity contribution < 1.29 is 9.18 Å². The fourth-order valence-corrected chi connectivity index (χ4v) is 2.01. The summed E-state index contributed by atoms with van der Waals surface area (Å²) in [4.78, 5) is 13.3. The Kier molecular flexibility index (Phi) is 2.39. The third-order valence-corrected chi connectivity index (χ3v) is 2.68. The van der Waals surface area contributed by atoms with E-state index in [4.69, 9.17) is 5.26 Å². The topological polar surface area (TPSA) is 44.1 Å². The number of carbonyl (C=O) groups excluding carboxylic acids is 1. The summed E-state index contributed by atoms with van der Waals surface area (Å²) in [5, 5.41) is 8.70. The Morgan fingerprint density at radius 3 is 2.75 bits per heavy atom. The first kappa shape index (κ1) is 10.6. The van der Waals surface area contributed by atoms with E-state index < -0.39 is 5.82 Å². The van der Waals surface area contributed by atoms with E-state index in [0.29, 0.717) is 5.69 Å². The first-order valence-corrected chi connectivity index (χ1v) is 5.09. The van der Waals surface area contributed by atoms with Gasteiger partial charge >= 0.3 is 0 Å². The Hall–Kier alpha value is -1.89. The predicted molar refractivity (Wildman–Crippen MR) is 57.4 cm³/mol. The van der Waals surface area contributed by atoms with Crippen molar-refractivity contribution in [2.45, 2.75) is 26.3 Å². The molecule has 82 valence electrons. The molecule has 0 saturated heterocycles. The highest BCUT2D eigenvalue weighted by molar-refractivity contribution is 6.01. The Balaban J connectivity index is 2.57. The summed E-state index contributed by atoms with van der Waals surface area (Å²) >= 11 is 0. The average Bonchev–Trinajstić information content (AvgIpc) is 2.51. The largest absolute Gasteiger partial charge is 0.309 e. The van der Waals surface area contributed by atoms with E-state index in [-0.39, 0.29) is 23.9 Å². The monoisotopic (exact) mass is 218 g/mol. The Morgan fingerprint density at radius 2 is 2.19 bits per heavy atom. The van der Waals surface area contributed by atoms with E-state index in [2.05, 4.69) is 0 Å². The molecule has 0 aromatic heterocycles. The molecule has 0 N–H and O–H groups in total. The highest BCUT2D eigenvalue weighted by atomic mass is 19.1. The number of nitriles is 1. The number of halogens is 1. The quantitative estimate of drug-likeness (QED) is 0.723. The summed E-state index contributed by atoms with van der Waals surface area (Å²) in [7, 11) is 0. The van der Waals surface area contributed by atoms with Gasteiger partial charge in [-0.15, -0.1) is 0 Å². The number of hydrogen-bond donors (Lipinski definition) is 0. The van der Waals surface area contributed by atoms with Crippen LogP contribution in [-0.4, -0.2) is 11.9 Å². The van der Waals surface area contributed by atoms with Crippen LogP contribution in [0.5, 0.6) is 0 Å². The normalized spacial score (nSPS) is 14.2. The van der Waals surface area contributed by atoms with Crippen LogP contribution in [0.25, 0.3) is 0 Å². The van der Waals surface area contributed by atoms with Crippen molar-refractivity contribution in [2.24, 2.45) is 0 Å². The van der Waals surface area contributed by atoms with E-state index >= 15 is 0 Å². The zero-order valence-corrected chi connectivity index (χ0v) is 9.12. The van der Waals surface area contributed by atoms with Crippen LogP contribution in [0.4, 0.5) is 10.1 Å². The van der Waals surface area contributed by atoms with Crippen molar-refractivity contribution in [3.05, 3.63) is 29.1 Å². The fourth-order valence-electron chi connectivity index (χ4n) is 2.01. The molecule has 1 aliphatic rings. The molecule has 1 aromatic rings. The lowest BCUT2D eigenvalue weighted by Crippen LogP contribution is -2.33. The summed E-state index contributed by atoms with van der Waals surface area (Å²) in [5.41, 5.74) is 1.32. The minimum Gasteiger partial charge on any atom is -0.309 e. The second kappa shape index (κ2) is 3.60. The highest BCUT2D eigenvalue weighted by Crippen LogP contribution is 2.32. The number of amides is 1. The predicted octanol–water partition coefficient (Wildman–Crippen LogP) is 1.99. The molecule has 0 saturated carbocycles. The lowest BCUT2D eigenvalue weighted by atomic mass is 10.1. The van der Waals surface area contributed by atoms with Gasteiger partial charge in [-0.3, -0.25) is 4.79 Å². The lowest BCUT2D eigenvalue weighted by molar-refractivity contribution is -0.117. The molecule has 0 fully saturated rings. The lowest BCUT2D eigenvalue weighted by Gasteiger charge is -2.21.